The summed E-state index contributed by atoms with van der Waals surface area (Å²) in [5.74, 6) is 3.24. The van der Waals surface area contributed by atoms with E-state index < -0.39 is 0 Å². The first kappa shape index (κ1) is 26.5. The van der Waals surface area contributed by atoms with Crippen molar-refractivity contribution in [2.24, 2.45) is 46.3 Å². The fourth-order valence-corrected chi connectivity index (χ4v) is 10.1. The normalized spacial score (nSPS) is 42.8. The van der Waals surface area contributed by atoms with Crippen LogP contribution in [0.3, 0.4) is 0 Å². The minimum Gasteiger partial charge on any atom is -0.393 e. The Balaban J connectivity index is 1.22. The van der Waals surface area contributed by atoms with Crippen LogP contribution in [0, 0.1) is 46.3 Å². The van der Waals surface area contributed by atoms with E-state index in [0.29, 0.717) is 53.7 Å². The van der Waals surface area contributed by atoms with Crippen molar-refractivity contribution in [3.8, 4) is 0 Å². The van der Waals surface area contributed by atoms with Crippen LogP contribution in [0.1, 0.15) is 90.0 Å². The Bertz CT molecular complexity index is 942. The van der Waals surface area contributed by atoms with Crippen LogP contribution in [-0.2, 0) is 16.1 Å². The summed E-state index contributed by atoms with van der Waals surface area (Å²) in [6.45, 7) is 7.52. The number of fused-ring (bicyclic) bond motifs is 5. The van der Waals surface area contributed by atoms with Gasteiger partial charge in [0.05, 0.1) is 12.2 Å². The van der Waals surface area contributed by atoms with Gasteiger partial charge in [0, 0.05) is 13.5 Å². The molecular formula is C28H45N3O4S. The van der Waals surface area contributed by atoms with Gasteiger partial charge in [-0.25, -0.2) is 0 Å². The molecule has 1 amide bonds. The van der Waals surface area contributed by atoms with Crippen molar-refractivity contribution in [2.75, 3.05) is 12.4 Å². The summed E-state index contributed by atoms with van der Waals surface area (Å²) in [7, 11) is 1.62. The minimum atomic E-state index is -0.282. The van der Waals surface area contributed by atoms with Crippen LogP contribution < -0.4 is 5.32 Å². The Morgan fingerprint density at radius 2 is 1.94 bits per heavy atom. The molecule has 8 heteroatoms. The first-order valence-corrected chi connectivity index (χ1v) is 15.0. The van der Waals surface area contributed by atoms with Crippen molar-refractivity contribution in [3.63, 3.8) is 0 Å². The lowest BCUT2D eigenvalue weighted by atomic mass is 9.43. The molecule has 1 aromatic heterocycles. The van der Waals surface area contributed by atoms with E-state index in [1.807, 2.05) is 0 Å². The van der Waals surface area contributed by atoms with E-state index in [9.17, 15) is 15.0 Å². The number of methoxy groups -OCH3 is 1. The van der Waals surface area contributed by atoms with Gasteiger partial charge in [-0.3, -0.25) is 4.79 Å². The molecule has 0 bridgehead atoms. The quantitative estimate of drug-likeness (QED) is 0.467. The summed E-state index contributed by atoms with van der Waals surface area (Å²) in [5.41, 5.74) is 0.197. The van der Waals surface area contributed by atoms with E-state index in [0.717, 1.165) is 43.5 Å². The Morgan fingerprint density at radius 3 is 2.72 bits per heavy atom. The lowest BCUT2D eigenvalue weighted by Crippen LogP contribution is -2.58. The van der Waals surface area contributed by atoms with Crippen LogP contribution in [-0.4, -0.2) is 45.6 Å². The van der Waals surface area contributed by atoms with E-state index in [4.69, 9.17) is 4.74 Å². The van der Waals surface area contributed by atoms with Gasteiger partial charge in [-0.1, -0.05) is 32.1 Å². The number of hydrogen-bond donors (Lipinski definition) is 3. The van der Waals surface area contributed by atoms with E-state index in [2.05, 4.69) is 36.3 Å². The number of hydrogen-bond acceptors (Lipinski definition) is 7. The Hall–Kier alpha value is -1.09. The molecule has 0 saturated heterocycles. The summed E-state index contributed by atoms with van der Waals surface area (Å²) in [6, 6.07) is 0. The van der Waals surface area contributed by atoms with Gasteiger partial charge in [-0.05, 0) is 104 Å². The van der Waals surface area contributed by atoms with Crippen LogP contribution in [0.15, 0.2) is 0 Å². The molecule has 5 rings (SSSR count). The van der Waals surface area contributed by atoms with Crippen molar-refractivity contribution in [3.05, 3.63) is 5.01 Å². The van der Waals surface area contributed by atoms with Gasteiger partial charge in [0.25, 0.3) is 0 Å². The van der Waals surface area contributed by atoms with Gasteiger partial charge in [0.1, 0.15) is 11.6 Å². The third kappa shape index (κ3) is 4.54. The molecule has 3 N–H and O–H groups in total. The zero-order valence-electron chi connectivity index (χ0n) is 22.4. The minimum absolute atomic E-state index is 0.0170. The molecule has 4 fully saturated rings. The molecule has 202 valence electrons. The SMILES string of the molecule is COCc1nnc(NC(=O)CCC(C)C2CCC3C4CCC5CC(O)CCC5(C)C4CC(O)C23C)s1. The second-order valence-electron chi connectivity index (χ2n) is 12.9. The molecule has 36 heavy (non-hydrogen) atoms. The maximum atomic E-state index is 12.6. The third-order valence-electron chi connectivity index (χ3n) is 11.3. The monoisotopic (exact) mass is 519 g/mol. The van der Waals surface area contributed by atoms with Gasteiger partial charge in [-0.2, -0.15) is 0 Å². The largest absolute Gasteiger partial charge is 0.393 e. The number of carbonyl (C=O) groups is 1. The lowest BCUT2D eigenvalue weighted by molar-refractivity contribution is -0.174. The molecule has 4 saturated carbocycles. The second-order valence-corrected chi connectivity index (χ2v) is 13.9. The number of nitrogens with one attached hydrogen (secondary N) is 1. The number of ether oxygens (including phenoxy) is 1. The van der Waals surface area contributed by atoms with E-state index in [-0.39, 0.29) is 28.9 Å². The fourth-order valence-electron chi connectivity index (χ4n) is 9.39. The van der Waals surface area contributed by atoms with Crippen molar-refractivity contribution < 1.29 is 19.7 Å². The highest BCUT2D eigenvalue weighted by atomic mass is 32.1. The van der Waals surface area contributed by atoms with Crippen LogP contribution >= 0.6 is 11.3 Å². The van der Waals surface area contributed by atoms with Gasteiger partial charge < -0.3 is 20.3 Å². The highest BCUT2D eigenvalue weighted by molar-refractivity contribution is 7.15. The lowest BCUT2D eigenvalue weighted by Gasteiger charge is -2.62. The van der Waals surface area contributed by atoms with Crippen LogP contribution in [0.4, 0.5) is 5.13 Å². The first-order chi connectivity index (χ1) is 17.2. The molecule has 1 aromatic rings. The van der Waals surface area contributed by atoms with Crippen molar-refractivity contribution in [1.29, 1.82) is 0 Å². The van der Waals surface area contributed by atoms with Crippen molar-refractivity contribution >= 4 is 22.4 Å². The smallest absolute Gasteiger partial charge is 0.226 e. The summed E-state index contributed by atoms with van der Waals surface area (Å²) >= 11 is 1.35. The molecule has 0 aromatic carbocycles. The van der Waals surface area contributed by atoms with E-state index in [1.54, 1.807) is 7.11 Å². The summed E-state index contributed by atoms with van der Waals surface area (Å²) in [4.78, 5) is 12.6. The van der Waals surface area contributed by atoms with Crippen LogP contribution in [0.5, 0.6) is 0 Å². The number of rotatable bonds is 7. The molecular weight excluding hydrogens is 474 g/mol. The number of carbonyl (C=O) groups excluding carboxylic acids is 1. The number of aromatic nitrogens is 2. The standard InChI is InChI=1S/C28H45N3O4S/c1-16(5-10-24(34)29-26-31-30-25(36-26)15-35-4)20-8-9-21-19-7-6-17-13-18(32)11-12-27(17,2)22(19)14-23(33)28(20,21)3/h16-23,32-33H,5-15H2,1-4H3,(H,29,31,34). The Kier molecular flexibility index (Phi) is 7.54. The van der Waals surface area contributed by atoms with Gasteiger partial charge in [-0.15, -0.1) is 10.2 Å². The second kappa shape index (κ2) is 10.2. The van der Waals surface area contributed by atoms with Crippen molar-refractivity contribution in [2.45, 2.75) is 104 Å². The molecule has 7 nitrogen and oxygen atoms in total. The maximum absolute atomic E-state index is 12.6. The zero-order chi connectivity index (χ0) is 25.7. The molecule has 0 spiro atoms. The molecule has 4 aliphatic rings. The number of amides is 1. The van der Waals surface area contributed by atoms with Gasteiger partial charge >= 0.3 is 0 Å². The van der Waals surface area contributed by atoms with Crippen LogP contribution in [0.25, 0.3) is 0 Å². The molecule has 4 aliphatic carbocycles. The molecule has 0 radical (unpaired) electrons. The Morgan fingerprint density at radius 1 is 1.14 bits per heavy atom. The molecule has 0 aliphatic heterocycles. The summed E-state index contributed by atoms with van der Waals surface area (Å²) in [6.07, 6.45) is 9.58. The average molecular weight is 520 g/mol. The van der Waals surface area contributed by atoms with Crippen LogP contribution in [0.2, 0.25) is 0 Å². The van der Waals surface area contributed by atoms with E-state index in [1.165, 1.54) is 30.6 Å². The number of anilines is 1. The highest BCUT2D eigenvalue weighted by Gasteiger charge is 2.63. The third-order valence-corrected chi connectivity index (χ3v) is 12.1. The predicted octanol–water partition coefficient (Wildman–Crippen LogP) is 5.03. The van der Waals surface area contributed by atoms with Gasteiger partial charge in [0.15, 0.2) is 0 Å². The van der Waals surface area contributed by atoms with Crippen molar-refractivity contribution in [1.82, 2.24) is 10.2 Å². The van der Waals surface area contributed by atoms with Gasteiger partial charge in [0.2, 0.25) is 11.0 Å². The average Bonchev–Trinajstić information content (AvgIpc) is 3.43. The Labute approximate surface area is 219 Å². The number of aliphatic hydroxyl groups is 2. The predicted molar refractivity (Wildman–Crippen MR) is 140 cm³/mol. The zero-order valence-corrected chi connectivity index (χ0v) is 23.2. The summed E-state index contributed by atoms with van der Waals surface area (Å²) < 4.78 is 5.08. The number of nitrogens with zero attached hydrogens (tertiary/aromatic N) is 2. The molecule has 1 heterocycles. The maximum Gasteiger partial charge on any atom is 0.226 e. The summed E-state index contributed by atoms with van der Waals surface area (Å²) in [5, 5.41) is 34.3. The first-order valence-electron chi connectivity index (χ1n) is 14.1. The molecule has 10 atom stereocenters. The topological polar surface area (TPSA) is 105 Å². The molecule has 10 unspecified atom stereocenters. The number of aliphatic hydroxyl groups excluding tert-OH is 2. The fraction of sp³-hybridized carbons (Fsp3) is 0.893. The highest BCUT2D eigenvalue weighted by Crippen LogP contribution is 2.68. The van der Waals surface area contributed by atoms with E-state index >= 15 is 0 Å².